The molecule has 0 aliphatic rings. The fourth-order valence-corrected chi connectivity index (χ4v) is 1.19. The van der Waals surface area contributed by atoms with E-state index in [1.807, 2.05) is 0 Å². The van der Waals surface area contributed by atoms with Gasteiger partial charge in [0.25, 0.3) is 5.91 Å². The van der Waals surface area contributed by atoms with E-state index in [9.17, 15) is 18.4 Å². The molecule has 1 rings (SSSR count). The third kappa shape index (κ3) is 4.10. The largest absolute Gasteiger partial charge is 0.395 e. The maximum atomic E-state index is 13.2. The predicted octanol–water partition coefficient (Wildman–Crippen LogP) is -0.197. The van der Waals surface area contributed by atoms with E-state index in [1.165, 1.54) is 0 Å². The van der Waals surface area contributed by atoms with E-state index in [-0.39, 0.29) is 25.3 Å². The molecular weight excluding hydrogens is 246 g/mol. The Labute approximate surface area is 102 Å². The van der Waals surface area contributed by atoms with Gasteiger partial charge in [0.05, 0.1) is 18.7 Å². The van der Waals surface area contributed by atoms with Crippen molar-refractivity contribution in [2.75, 3.05) is 19.7 Å². The molecule has 0 radical (unpaired) electrons. The lowest BCUT2D eigenvalue weighted by Gasteiger charge is -2.06. The summed E-state index contributed by atoms with van der Waals surface area (Å²) in [7, 11) is 0. The molecule has 0 heterocycles. The monoisotopic (exact) mass is 258 g/mol. The van der Waals surface area contributed by atoms with Gasteiger partial charge in [-0.1, -0.05) is 0 Å². The Morgan fingerprint density at radius 2 is 1.94 bits per heavy atom. The van der Waals surface area contributed by atoms with Crippen LogP contribution in [0.4, 0.5) is 8.78 Å². The number of hydrogen-bond acceptors (Lipinski definition) is 3. The zero-order chi connectivity index (χ0) is 13.5. The fourth-order valence-electron chi connectivity index (χ4n) is 1.19. The topological polar surface area (TPSA) is 78.4 Å². The molecule has 0 saturated heterocycles. The van der Waals surface area contributed by atoms with Crippen molar-refractivity contribution in [1.29, 1.82) is 0 Å². The molecule has 0 saturated carbocycles. The molecule has 3 N–H and O–H groups in total. The minimum Gasteiger partial charge on any atom is -0.395 e. The summed E-state index contributed by atoms with van der Waals surface area (Å²) in [5.74, 6) is -3.11. The minimum absolute atomic E-state index is 0.0691. The Balaban J connectivity index is 2.53. The summed E-state index contributed by atoms with van der Waals surface area (Å²) < 4.78 is 25.8. The maximum Gasteiger partial charge on any atom is 0.254 e. The second-order valence-electron chi connectivity index (χ2n) is 3.38. The highest BCUT2D eigenvalue weighted by Crippen LogP contribution is 2.08. The third-order valence-electron chi connectivity index (χ3n) is 2.02. The normalized spacial score (nSPS) is 9.94. The lowest BCUT2D eigenvalue weighted by molar-refractivity contribution is -0.120. The molecule has 0 aromatic heterocycles. The summed E-state index contributed by atoms with van der Waals surface area (Å²) in [6.07, 6.45) is 0. The van der Waals surface area contributed by atoms with E-state index in [1.54, 1.807) is 0 Å². The van der Waals surface area contributed by atoms with Crippen molar-refractivity contribution in [2.45, 2.75) is 0 Å². The van der Waals surface area contributed by atoms with E-state index in [0.717, 1.165) is 12.1 Å². The minimum atomic E-state index is -0.997. The summed E-state index contributed by atoms with van der Waals surface area (Å²) in [5, 5.41) is 12.9. The van der Waals surface area contributed by atoms with Gasteiger partial charge in [0.2, 0.25) is 5.91 Å². The van der Waals surface area contributed by atoms with Gasteiger partial charge in [-0.2, -0.15) is 0 Å². The third-order valence-corrected chi connectivity index (χ3v) is 2.02. The molecule has 0 aliphatic heterocycles. The second kappa shape index (κ2) is 6.65. The first kappa shape index (κ1) is 14.0. The molecule has 0 atom stereocenters. The molecule has 18 heavy (non-hydrogen) atoms. The highest BCUT2D eigenvalue weighted by molar-refractivity contribution is 5.96. The molecule has 0 bridgehead atoms. The van der Waals surface area contributed by atoms with E-state index in [2.05, 4.69) is 10.6 Å². The molecular formula is C11H12F2N2O3. The first-order valence-corrected chi connectivity index (χ1v) is 5.15. The number of rotatable bonds is 5. The highest BCUT2D eigenvalue weighted by Gasteiger charge is 2.13. The predicted molar refractivity (Wildman–Crippen MR) is 58.8 cm³/mol. The van der Waals surface area contributed by atoms with Gasteiger partial charge in [-0.15, -0.1) is 0 Å². The summed E-state index contributed by atoms with van der Waals surface area (Å²) >= 11 is 0. The number of amides is 2. The Hall–Kier alpha value is -2.02. The molecule has 0 spiro atoms. The summed E-state index contributed by atoms with van der Waals surface area (Å²) in [6, 6.07) is 2.52. The number of benzene rings is 1. The standard InChI is InChI=1S/C11H12F2N2O3/c12-7-1-2-8(9(13)5-7)11(18)15-6-10(17)14-3-4-16/h1-2,5,16H,3-4,6H2,(H,14,17)(H,15,18). The number of hydrogen-bond donors (Lipinski definition) is 3. The summed E-state index contributed by atoms with van der Waals surface area (Å²) in [6.45, 7) is -0.498. The van der Waals surface area contributed by atoms with Gasteiger partial charge >= 0.3 is 0 Å². The van der Waals surface area contributed by atoms with Crippen LogP contribution in [0.1, 0.15) is 10.4 Å². The maximum absolute atomic E-state index is 13.2. The SMILES string of the molecule is O=C(CNC(=O)c1ccc(F)cc1F)NCCO. The zero-order valence-corrected chi connectivity index (χ0v) is 9.37. The van der Waals surface area contributed by atoms with Crippen LogP contribution in [-0.4, -0.2) is 36.6 Å². The molecule has 0 fully saturated rings. The van der Waals surface area contributed by atoms with Crippen molar-refractivity contribution in [2.24, 2.45) is 0 Å². The number of carbonyl (C=O) groups excluding carboxylic acids is 2. The second-order valence-corrected chi connectivity index (χ2v) is 3.38. The Kier molecular flexibility index (Phi) is 5.19. The van der Waals surface area contributed by atoms with Crippen LogP contribution < -0.4 is 10.6 Å². The van der Waals surface area contributed by atoms with Crippen LogP contribution in [0.2, 0.25) is 0 Å². The van der Waals surface area contributed by atoms with Crippen molar-refractivity contribution in [1.82, 2.24) is 10.6 Å². The van der Waals surface area contributed by atoms with Crippen LogP contribution in [0, 0.1) is 11.6 Å². The molecule has 1 aromatic carbocycles. The first-order valence-electron chi connectivity index (χ1n) is 5.15. The average Bonchev–Trinajstić information content (AvgIpc) is 2.33. The van der Waals surface area contributed by atoms with Gasteiger partial charge < -0.3 is 15.7 Å². The smallest absolute Gasteiger partial charge is 0.254 e. The van der Waals surface area contributed by atoms with Crippen molar-refractivity contribution in [3.63, 3.8) is 0 Å². The molecule has 7 heteroatoms. The Bertz CT molecular complexity index is 452. The van der Waals surface area contributed by atoms with Gasteiger partial charge in [-0.3, -0.25) is 9.59 Å². The Morgan fingerprint density at radius 3 is 2.56 bits per heavy atom. The van der Waals surface area contributed by atoms with Gasteiger partial charge in [-0.25, -0.2) is 8.78 Å². The quantitative estimate of drug-likeness (QED) is 0.684. The van der Waals surface area contributed by atoms with Gasteiger partial charge in [0.1, 0.15) is 11.6 Å². The number of nitrogens with one attached hydrogen (secondary N) is 2. The van der Waals surface area contributed by atoms with Crippen molar-refractivity contribution in [3.05, 3.63) is 35.4 Å². The number of carbonyl (C=O) groups is 2. The molecule has 0 unspecified atom stereocenters. The summed E-state index contributed by atoms with van der Waals surface area (Å²) in [5.41, 5.74) is -0.341. The molecule has 5 nitrogen and oxygen atoms in total. The number of aliphatic hydroxyl groups excluding tert-OH is 1. The first-order chi connectivity index (χ1) is 8.54. The molecule has 0 aliphatic carbocycles. The van der Waals surface area contributed by atoms with E-state index in [4.69, 9.17) is 5.11 Å². The highest BCUT2D eigenvalue weighted by atomic mass is 19.1. The average molecular weight is 258 g/mol. The van der Waals surface area contributed by atoms with Crippen LogP contribution in [0.15, 0.2) is 18.2 Å². The van der Waals surface area contributed by atoms with Crippen molar-refractivity contribution in [3.8, 4) is 0 Å². The lowest BCUT2D eigenvalue weighted by atomic mass is 10.2. The van der Waals surface area contributed by atoms with Crippen molar-refractivity contribution < 1.29 is 23.5 Å². The van der Waals surface area contributed by atoms with Crippen LogP contribution in [0.3, 0.4) is 0 Å². The van der Waals surface area contributed by atoms with Crippen LogP contribution in [0.25, 0.3) is 0 Å². The van der Waals surface area contributed by atoms with Crippen LogP contribution in [0.5, 0.6) is 0 Å². The van der Waals surface area contributed by atoms with Crippen molar-refractivity contribution >= 4 is 11.8 Å². The zero-order valence-electron chi connectivity index (χ0n) is 9.37. The summed E-state index contributed by atoms with van der Waals surface area (Å²) in [4.78, 5) is 22.5. The van der Waals surface area contributed by atoms with Gasteiger partial charge in [-0.05, 0) is 12.1 Å². The molecule has 1 aromatic rings. The molecule has 98 valence electrons. The lowest BCUT2D eigenvalue weighted by Crippen LogP contribution is -2.38. The van der Waals surface area contributed by atoms with E-state index < -0.39 is 23.4 Å². The van der Waals surface area contributed by atoms with Gasteiger partial charge in [0.15, 0.2) is 0 Å². The number of aliphatic hydroxyl groups is 1. The van der Waals surface area contributed by atoms with E-state index in [0.29, 0.717) is 6.07 Å². The molecule has 2 amide bonds. The Morgan fingerprint density at radius 1 is 1.22 bits per heavy atom. The van der Waals surface area contributed by atoms with Gasteiger partial charge in [0, 0.05) is 12.6 Å². The van der Waals surface area contributed by atoms with Crippen LogP contribution in [-0.2, 0) is 4.79 Å². The van der Waals surface area contributed by atoms with Crippen LogP contribution >= 0.6 is 0 Å². The van der Waals surface area contributed by atoms with E-state index >= 15 is 0 Å². The fraction of sp³-hybridized carbons (Fsp3) is 0.273. The number of halogens is 2.